The molecule has 1 atom stereocenters. The summed E-state index contributed by atoms with van der Waals surface area (Å²) in [5.41, 5.74) is 3.54. The molecule has 2 aromatic rings. The molecule has 0 aliphatic heterocycles. The summed E-state index contributed by atoms with van der Waals surface area (Å²) in [6.07, 6.45) is -1.67. The van der Waals surface area contributed by atoms with E-state index in [1.165, 1.54) is 6.92 Å². The van der Waals surface area contributed by atoms with Crippen molar-refractivity contribution in [3.05, 3.63) is 60.2 Å². The van der Waals surface area contributed by atoms with Crippen LogP contribution in [0.15, 0.2) is 54.6 Å². The lowest BCUT2D eigenvalue weighted by molar-refractivity contribution is -0.130. The zero-order valence-corrected chi connectivity index (χ0v) is 14.0. The van der Waals surface area contributed by atoms with Crippen LogP contribution in [-0.4, -0.2) is 25.2 Å². The van der Waals surface area contributed by atoms with Gasteiger partial charge in [0.2, 0.25) is 0 Å². The molecule has 0 aliphatic rings. The van der Waals surface area contributed by atoms with E-state index in [4.69, 9.17) is 14.3 Å². The van der Waals surface area contributed by atoms with Gasteiger partial charge in [-0.05, 0) is 36.8 Å². The van der Waals surface area contributed by atoms with E-state index in [1.54, 1.807) is 31.4 Å². The summed E-state index contributed by atoms with van der Waals surface area (Å²) in [5, 5.41) is 2.66. The highest BCUT2D eigenvalue weighted by Gasteiger charge is 2.16. The van der Waals surface area contributed by atoms with Crippen molar-refractivity contribution < 1.29 is 23.9 Å². The number of ether oxygens (including phenoxy) is 2. The van der Waals surface area contributed by atoms with E-state index in [9.17, 15) is 9.59 Å². The average molecular weight is 344 g/mol. The highest BCUT2D eigenvalue weighted by molar-refractivity contribution is 5.94. The molecule has 2 N–H and O–H groups in total. The Labute approximate surface area is 145 Å². The lowest BCUT2D eigenvalue weighted by Crippen LogP contribution is -2.35. The fraction of sp³-hybridized carbons (Fsp3) is 0.222. The van der Waals surface area contributed by atoms with Crippen molar-refractivity contribution in [2.75, 3.05) is 12.4 Å². The second-order valence-electron chi connectivity index (χ2n) is 5.14. The van der Waals surface area contributed by atoms with E-state index in [2.05, 4.69) is 10.8 Å². The summed E-state index contributed by atoms with van der Waals surface area (Å²) in [4.78, 5) is 28.6. The lowest BCUT2D eigenvalue weighted by atomic mass is 10.2. The summed E-state index contributed by atoms with van der Waals surface area (Å²) < 4.78 is 10.0. The van der Waals surface area contributed by atoms with E-state index in [1.807, 2.05) is 30.3 Å². The van der Waals surface area contributed by atoms with Crippen LogP contribution in [0.4, 0.5) is 10.5 Å². The summed E-state index contributed by atoms with van der Waals surface area (Å²) in [5.74, 6) is 0.277. The topological polar surface area (TPSA) is 85.9 Å². The Bertz CT molecular complexity index is 688. The molecule has 0 aromatic heterocycles. The normalized spacial score (nSPS) is 11.3. The number of benzene rings is 2. The molecule has 2 aromatic carbocycles. The van der Waals surface area contributed by atoms with Crippen LogP contribution in [0.5, 0.6) is 5.75 Å². The zero-order chi connectivity index (χ0) is 18.1. The van der Waals surface area contributed by atoms with Crippen molar-refractivity contribution in [1.82, 2.24) is 5.48 Å². The average Bonchev–Trinajstić information content (AvgIpc) is 2.65. The highest BCUT2D eigenvalue weighted by Crippen LogP contribution is 2.15. The molecule has 2 rings (SSSR count). The molecule has 0 aliphatic carbocycles. The Morgan fingerprint density at radius 1 is 1.04 bits per heavy atom. The largest absolute Gasteiger partial charge is 0.497 e. The third kappa shape index (κ3) is 6.15. The van der Waals surface area contributed by atoms with Crippen LogP contribution in [0.25, 0.3) is 0 Å². The van der Waals surface area contributed by atoms with Gasteiger partial charge in [-0.15, -0.1) is 0 Å². The number of hydrogen-bond donors (Lipinski definition) is 2. The molecular formula is C18H20N2O5. The summed E-state index contributed by atoms with van der Waals surface area (Å²) in [6.45, 7) is 1.62. The van der Waals surface area contributed by atoms with Gasteiger partial charge in [0.05, 0.1) is 7.11 Å². The number of anilines is 1. The van der Waals surface area contributed by atoms with Gasteiger partial charge < -0.3 is 14.8 Å². The quantitative estimate of drug-likeness (QED) is 0.754. The standard InChI is InChI=1S/C18H20N2O5/c1-13(17(21)19-15-8-10-16(23-2)11-9-15)25-20-18(22)24-12-14-6-4-3-5-7-14/h3-11,13H,12H2,1-2H3,(H,19,21)(H,20,22)/t13-/m0/s1. The molecule has 25 heavy (non-hydrogen) atoms. The molecule has 0 heterocycles. The Kier molecular flexibility index (Phi) is 6.79. The van der Waals surface area contributed by atoms with Crippen LogP contribution >= 0.6 is 0 Å². The first-order valence-electron chi connectivity index (χ1n) is 7.65. The van der Waals surface area contributed by atoms with Crippen LogP contribution in [0.2, 0.25) is 0 Å². The van der Waals surface area contributed by atoms with Crippen molar-refractivity contribution >= 4 is 17.7 Å². The maximum Gasteiger partial charge on any atom is 0.431 e. The molecule has 0 spiro atoms. The van der Waals surface area contributed by atoms with Crippen molar-refractivity contribution in [2.24, 2.45) is 0 Å². The molecule has 0 bridgehead atoms. The molecule has 2 amide bonds. The van der Waals surface area contributed by atoms with Gasteiger partial charge in [-0.1, -0.05) is 30.3 Å². The van der Waals surface area contributed by atoms with Crippen molar-refractivity contribution in [1.29, 1.82) is 0 Å². The molecule has 132 valence electrons. The minimum atomic E-state index is -0.897. The Morgan fingerprint density at radius 2 is 1.72 bits per heavy atom. The Balaban J connectivity index is 1.71. The van der Waals surface area contributed by atoms with Gasteiger partial charge in [0.15, 0.2) is 6.10 Å². The zero-order valence-electron chi connectivity index (χ0n) is 14.0. The van der Waals surface area contributed by atoms with Crippen LogP contribution in [0.1, 0.15) is 12.5 Å². The summed E-state index contributed by atoms with van der Waals surface area (Å²) in [7, 11) is 1.56. The number of carbonyl (C=O) groups is 2. The van der Waals surface area contributed by atoms with Gasteiger partial charge in [0.25, 0.3) is 5.91 Å². The lowest BCUT2D eigenvalue weighted by Gasteiger charge is -2.13. The van der Waals surface area contributed by atoms with E-state index >= 15 is 0 Å². The minimum absolute atomic E-state index is 0.114. The first-order chi connectivity index (χ1) is 12.1. The monoisotopic (exact) mass is 344 g/mol. The highest BCUT2D eigenvalue weighted by atomic mass is 16.7. The van der Waals surface area contributed by atoms with Gasteiger partial charge in [0.1, 0.15) is 12.4 Å². The van der Waals surface area contributed by atoms with Crippen LogP contribution in [0.3, 0.4) is 0 Å². The molecule has 0 saturated heterocycles. The summed E-state index contributed by atoms with van der Waals surface area (Å²) >= 11 is 0. The SMILES string of the molecule is COc1ccc(NC(=O)[C@H](C)ONC(=O)OCc2ccccc2)cc1. The van der Waals surface area contributed by atoms with E-state index in [0.29, 0.717) is 11.4 Å². The molecule has 0 saturated carbocycles. The van der Waals surface area contributed by atoms with Gasteiger partial charge in [-0.3, -0.25) is 9.63 Å². The van der Waals surface area contributed by atoms with Gasteiger partial charge in [0, 0.05) is 5.69 Å². The van der Waals surface area contributed by atoms with Crippen molar-refractivity contribution in [3.8, 4) is 5.75 Å². The maximum atomic E-state index is 12.0. The van der Waals surface area contributed by atoms with E-state index < -0.39 is 18.1 Å². The number of carbonyl (C=O) groups excluding carboxylic acids is 2. The number of hydrogen-bond acceptors (Lipinski definition) is 5. The third-order valence-electron chi connectivity index (χ3n) is 3.26. The van der Waals surface area contributed by atoms with E-state index in [0.717, 1.165) is 5.56 Å². The number of nitrogens with one attached hydrogen (secondary N) is 2. The Morgan fingerprint density at radius 3 is 2.36 bits per heavy atom. The molecule has 7 nitrogen and oxygen atoms in total. The van der Waals surface area contributed by atoms with Gasteiger partial charge in [-0.2, -0.15) is 5.48 Å². The van der Waals surface area contributed by atoms with Crippen molar-refractivity contribution in [2.45, 2.75) is 19.6 Å². The number of amides is 2. The molecule has 0 fully saturated rings. The maximum absolute atomic E-state index is 12.0. The molecular weight excluding hydrogens is 324 g/mol. The number of rotatable bonds is 7. The number of hydroxylamine groups is 1. The number of methoxy groups -OCH3 is 1. The van der Waals surface area contributed by atoms with Gasteiger partial charge >= 0.3 is 6.09 Å². The van der Waals surface area contributed by atoms with Crippen LogP contribution in [-0.2, 0) is 21.0 Å². The molecule has 7 heteroatoms. The fourth-order valence-electron chi connectivity index (χ4n) is 1.86. The predicted octanol–water partition coefficient (Wildman–Crippen LogP) is 2.88. The minimum Gasteiger partial charge on any atom is -0.497 e. The second-order valence-corrected chi connectivity index (χ2v) is 5.14. The predicted molar refractivity (Wildman–Crippen MR) is 91.9 cm³/mol. The van der Waals surface area contributed by atoms with E-state index in [-0.39, 0.29) is 6.61 Å². The fourth-order valence-corrected chi connectivity index (χ4v) is 1.86. The van der Waals surface area contributed by atoms with Crippen molar-refractivity contribution in [3.63, 3.8) is 0 Å². The van der Waals surface area contributed by atoms with Gasteiger partial charge in [-0.25, -0.2) is 4.79 Å². The summed E-state index contributed by atoms with van der Waals surface area (Å²) in [6, 6.07) is 16.1. The first-order valence-corrected chi connectivity index (χ1v) is 7.65. The second kappa shape index (κ2) is 9.29. The molecule has 0 unspecified atom stereocenters. The smallest absolute Gasteiger partial charge is 0.431 e. The van der Waals surface area contributed by atoms with Crippen LogP contribution < -0.4 is 15.5 Å². The Hall–Kier alpha value is -3.06. The first kappa shape index (κ1) is 18.3. The molecule has 0 radical (unpaired) electrons. The third-order valence-corrected chi connectivity index (χ3v) is 3.26. The van der Waals surface area contributed by atoms with Crippen LogP contribution in [0, 0.1) is 0 Å².